The Kier molecular flexibility index (Phi) is 5.74. The molecule has 0 radical (unpaired) electrons. The Bertz CT molecular complexity index is 625. The summed E-state index contributed by atoms with van der Waals surface area (Å²) in [4.78, 5) is 11.2. The largest absolute Gasteiger partial charge is 0.471 e. The monoisotopic (exact) mass is 379 g/mol. The van der Waals surface area contributed by atoms with Crippen LogP contribution in [0, 0.1) is 0 Å². The average Bonchev–Trinajstić information content (AvgIpc) is 2.50. The van der Waals surface area contributed by atoms with Crippen molar-refractivity contribution in [2.75, 3.05) is 14.2 Å². The number of carbonyl (C=O) groups is 1. The Morgan fingerprint density at radius 1 is 1.00 bits per heavy atom. The number of carbonyl (C=O) groups excluding carboxylic acids is 1. The second-order valence-electron chi connectivity index (χ2n) is 4.39. The molecule has 12 heteroatoms. The predicted octanol–water partition coefficient (Wildman–Crippen LogP) is 3.57. The molecule has 1 aromatic carbocycles. The molecule has 1 aromatic rings. The van der Waals surface area contributed by atoms with E-state index in [1.54, 1.807) is 0 Å². The normalized spacial score (nSPS) is 15.7. The quantitative estimate of drug-likeness (QED) is 0.628. The highest BCUT2D eigenvalue weighted by Gasteiger charge is 2.71. The fraction of sp³-hybridized carbons (Fsp3) is 0.417. The van der Waals surface area contributed by atoms with Gasteiger partial charge in [0.1, 0.15) is 0 Å². The lowest BCUT2D eigenvalue weighted by molar-refractivity contribution is -0.198. The molecule has 0 aliphatic heterocycles. The minimum absolute atomic E-state index is 0.563. The number of amides is 1. The van der Waals surface area contributed by atoms with E-state index in [9.17, 15) is 35.7 Å². The van der Waals surface area contributed by atoms with E-state index in [4.69, 9.17) is 0 Å². The molecule has 0 heterocycles. The number of nitrogens with one attached hydrogen (secondary N) is 1. The Morgan fingerprint density at radius 3 is 1.79 bits per heavy atom. The summed E-state index contributed by atoms with van der Waals surface area (Å²) in [7, 11) is -4.22. The van der Waals surface area contributed by atoms with Crippen LogP contribution in [0.5, 0.6) is 0 Å². The molecule has 1 rings (SSSR count). The second-order valence-corrected chi connectivity index (χ2v) is 6.78. The molecule has 0 spiro atoms. The number of hydrogen-bond acceptors (Lipinski definition) is 4. The van der Waals surface area contributed by atoms with Crippen LogP contribution in [0.2, 0.25) is 0 Å². The minimum atomic E-state index is -5.66. The first kappa shape index (κ1) is 20.5. The first-order chi connectivity index (χ1) is 10.9. The lowest BCUT2D eigenvalue weighted by atomic mass is 10.1. The maximum atomic E-state index is 13.8. The van der Waals surface area contributed by atoms with Crippen LogP contribution >= 0.6 is 7.60 Å². The van der Waals surface area contributed by atoms with E-state index in [1.165, 1.54) is 6.07 Å². The molecule has 0 aromatic heterocycles. The van der Waals surface area contributed by atoms with Crippen molar-refractivity contribution in [1.29, 1.82) is 0 Å². The van der Waals surface area contributed by atoms with Gasteiger partial charge in [-0.1, -0.05) is 30.3 Å². The van der Waals surface area contributed by atoms with Crippen molar-refractivity contribution in [3.05, 3.63) is 35.9 Å². The Labute approximate surface area is 132 Å². The Hall–Kier alpha value is -1.58. The fourth-order valence-corrected chi connectivity index (χ4v) is 3.66. The zero-order valence-electron chi connectivity index (χ0n) is 12.2. The van der Waals surface area contributed by atoms with Gasteiger partial charge in [-0.25, -0.2) is 0 Å². The van der Waals surface area contributed by atoms with Crippen LogP contribution in [0.1, 0.15) is 5.56 Å². The summed E-state index contributed by atoms with van der Waals surface area (Å²) in [6, 6.07) is 4.89. The molecule has 0 unspecified atom stereocenters. The summed E-state index contributed by atoms with van der Waals surface area (Å²) in [6.45, 7) is 0. The van der Waals surface area contributed by atoms with Crippen LogP contribution in [0.4, 0.5) is 26.3 Å². The first-order valence-electron chi connectivity index (χ1n) is 6.09. The van der Waals surface area contributed by atoms with E-state index in [1.807, 2.05) is 0 Å². The van der Waals surface area contributed by atoms with E-state index in [0.29, 0.717) is 14.2 Å². The second kappa shape index (κ2) is 6.73. The standard InChI is InChI=1S/C12H12F6NO4P/c1-22-24(21,23-2)10(12(16,17)18,8-6-4-3-5-7-8)19-9(20)11(13,14)15/h3-7H,1-2H3,(H,19,20)/t10-/m0/s1. The maximum absolute atomic E-state index is 13.8. The van der Waals surface area contributed by atoms with Gasteiger partial charge in [-0.05, 0) is 5.56 Å². The highest BCUT2D eigenvalue weighted by Crippen LogP contribution is 2.68. The highest BCUT2D eigenvalue weighted by atomic mass is 31.2. The molecule has 5 nitrogen and oxygen atoms in total. The van der Waals surface area contributed by atoms with Crippen molar-refractivity contribution in [2.24, 2.45) is 0 Å². The number of rotatable bonds is 5. The third-order valence-corrected chi connectivity index (χ3v) is 5.45. The summed E-state index contributed by atoms with van der Waals surface area (Å²) in [5.41, 5.74) is -0.942. The minimum Gasteiger partial charge on any atom is -0.321 e. The van der Waals surface area contributed by atoms with Gasteiger partial charge < -0.3 is 14.4 Å². The lowest BCUT2D eigenvalue weighted by Gasteiger charge is -2.39. The molecule has 1 amide bonds. The van der Waals surface area contributed by atoms with Crippen molar-refractivity contribution in [3.8, 4) is 0 Å². The van der Waals surface area contributed by atoms with E-state index in [2.05, 4.69) is 9.05 Å². The molecule has 136 valence electrons. The molecule has 24 heavy (non-hydrogen) atoms. The smallest absolute Gasteiger partial charge is 0.321 e. The molecule has 1 N–H and O–H groups in total. The highest BCUT2D eigenvalue weighted by molar-refractivity contribution is 7.55. The van der Waals surface area contributed by atoms with Crippen LogP contribution in [-0.4, -0.2) is 32.5 Å². The number of hydrogen-bond donors (Lipinski definition) is 1. The first-order valence-corrected chi connectivity index (χ1v) is 7.63. The zero-order valence-corrected chi connectivity index (χ0v) is 13.1. The number of alkyl halides is 6. The van der Waals surface area contributed by atoms with Gasteiger partial charge in [-0.15, -0.1) is 0 Å². The Morgan fingerprint density at radius 2 is 1.46 bits per heavy atom. The molecule has 0 saturated heterocycles. The summed E-state index contributed by atoms with van der Waals surface area (Å²) in [6.07, 6.45) is -11.3. The van der Waals surface area contributed by atoms with Crippen molar-refractivity contribution in [1.82, 2.24) is 5.32 Å². The van der Waals surface area contributed by atoms with Gasteiger partial charge in [0, 0.05) is 14.2 Å². The molecule has 0 aliphatic carbocycles. The Balaban J connectivity index is 3.77. The summed E-state index contributed by atoms with van der Waals surface area (Å²) in [5.74, 6) is -2.95. The third-order valence-electron chi connectivity index (χ3n) is 3.05. The summed E-state index contributed by atoms with van der Waals surface area (Å²) < 4.78 is 100.0. The third kappa shape index (κ3) is 3.42. The van der Waals surface area contributed by atoms with E-state index < -0.39 is 36.7 Å². The molecular weight excluding hydrogens is 367 g/mol. The number of halogens is 6. The van der Waals surface area contributed by atoms with Gasteiger partial charge in [-0.2, -0.15) is 26.3 Å². The van der Waals surface area contributed by atoms with Gasteiger partial charge >= 0.3 is 25.9 Å². The van der Waals surface area contributed by atoms with Crippen LogP contribution < -0.4 is 5.32 Å². The maximum Gasteiger partial charge on any atom is 0.471 e. The average molecular weight is 379 g/mol. The van der Waals surface area contributed by atoms with Crippen molar-refractivity contribution in [2.45, 2.75) is 17.6 Å². The van der Waals surface area contributed by atoms with E-state index in [-0.39, 0.29) is 0 Å². The number of benzene rings is 1. The topological polar surface area (TPSA) is 64.6 Å². The van der Waals surface area contributed by atoms with Gasteiger partial charge in [0.25, 0.3) is 5.28 Å². The fourth-order valence-electron chi connectivity index (χ4n) is 1.95. The van der Waals surface area contributed by atoms with Gasteiger partial charge in [-0.3, -0.25) is 9.36 Å². The summed E-state index contributed by atoms with van der Waals surface area (Å²) in [5, 5.41) is -3.28. The van der Waals surface area contributed by atoms with Gasteiger partial charge in [0.15, 0.2) is 0 Å². The molecular formula is C12H12F6NO4P. The molecule has 0 fully saturated rings. The lowest BCUT2D eigenvalue weighted by Crippen LogP contribution is -2.58. The molecule has 0 bridgehead atoms. The van der Waals surface area contributed by atoms with Crippen LogP contribution in [0.25, 0.3) is 0 Å². The summed E-state index contributed by atoms with van der Waals surface area (Å²) >= 11 is 0. The SMILES string of the molecule is COP(=O)(OC)[C@@](NC(=O)C(F)(F)F)(c1ccccc1)C(F)(F)F. The van der Waals surface area contributed by atoms with Gasteiger partial charge in [0.2, 0.25) is 0 Å². The predicted molar refractivity (Wildman–Crippen MR) is 70.0 cm³/mol. The molecule has 0 saturated carbocycles. The van der Waals surface area contributed by atoms with E-state index in [0.717, 1.165) is 29.6 Å². The van der Waals surface area contributed by atoms with Crippen LogP contribution in [-0.2, 0) is 23.7 Å². The van der Waals surface area contributed by atoms with Crippen molar-refractivity contribution < 1.29 is 44.7 Å². The van der Waals surface area contributed by atoms with E-state index >= 15 is 0 Å². The van der Waals surface area contributed by atoms with Crippen molar-refractivity contribution >= 4 is 13.5 Å². The van der Waals surface area contributed by atoms with Crippen LogP contribution in [0.3, 0.4) is 0 Å². The molecule has 1 atom stereocenters. The van der Waals surface area contributed by atoms with Crippen LogP contribution in [0.15, 0.2) is 30.3 Å². The van der Waals surface area contributed by atoms with Crippen molar-refractivity contribution in [3.63, 3.8) is 0 Å². The van der Waals surface area contributed by atoms with Gasteiger partial charge in [0.05, 0.1) is 0 Å². The molecule has 0 aliphatic rings. The zero-order chi connectivity index (χ0) is 18.8.